The van der Waals surface area contributed by atoms with Gasteiger partial charge in [-0.1, -0.05) is 35.3 Å². The number of carbonyl (C=O) groups is 1. The highest BCUT2D eigenvalue weighted by Crippen LogP contribution is 2.27. The van der Waals surface area contributed by atoms with E-state index in [0.717, 1.165) is 19.7 Å². The highest BCUT2D eigenvalue weighted by molar-refractivity contribution is 7.90. The molecular weight excluding hydrogens is 409 g/mol. The Morgan fingerprint density at radius 3 is 2.33 bits per heavy atom. The lowest BCUT2D eigenvalue weighted by molar-refractivity contribution is -0.114. The SMILES string of the molecule is Cc1ccc(C)c(N(CC(=O)Nc2ccc(Cl)cc2Cl)S(=O)(=O)N(C)C)c1. The van der Waals surface area contributed by atoms with Crippen LogP contribution in [0.5, 0.6) is 0 Å². The van der Waals surface area contributed by atoms with E-state index in [4.69, 9.17) is 23.2 Å². The van der Waals surface area contributed by atoms with Gasteiger partial charge in [0.25, 0.3) is 0 Å². The van der Waals surface area contributed by atoms with Gasteiger partial charge in [0.05, 0.1) is 16.4 Å². The minimum absolute atomic E-state index is 0.268. The molecule has 2 aromatic rings. The van der Waals surface area contributed by atoms with E-state index < -0.39 is 22.7 Å². The average Bonchev–Trinajstić information content (AvgIpc) is 2.57. The molecule has 146 valence electrons. The summed E-state index contributed by atoms with van der Waals surface area (Å²) in [6, 6.07) is 10.1. The van der Waals surface area contributed by atoms with Crippen LogP contribution in [-0.4, -0.2) is 39.3 Å². The number of nitrogens with one attached hydrogen (secondary N) is 1. The quantitative estimate of drug-likeness (QED) is 0.757. The van der Waals surface area contributed by atoms with Crippen LogP contribution in [0.3, 0.4) is 0 Å². The van der Waals surface area contributed by atoms with Crippen molar-refractivity contribution in [3.8, 4) is 0 Å². The van der Waals surface area contributed by atoms with Crippen molar-refractivity contribution in [3.05, 3.63) is 57.6 Å². The van der Waals surface area contributed by atoms with Crippen LogP contribution in [0.4, 0.5) is 11.4 Å². The van der Waals surface area contributed by atoms with Crippen molar-refractivity contribution in [1.29, 1.82) is 0 Å². The summed E-state index contributed by atoms with van der Waals surface area (Å²) in [5.74, 6) is -0.523. The maximum Gasteiger partial charge on any atom is 0.304 e. The largest absolute Gasteiger partial charge is 0.323 e. The molecule has 0 unspecified atom stereocenters. The number of anilines is 2. The molecule has 0 aliphatic heterocycles. The number of hydrogen-bond donors (Lipinski definition) is 1. The summed E-state index contributed by atoms with van der Waals surface area (Å²) in [5.41, 5.74) is 2.43. The molecule has 0 heterocycles. The first-order valence-corrected chi connectivity index (χ1v) is 10.2. The van der Waals surface area contributed by atoms with Crippen molar-refractivity contribution in [2.45, 2.75) is 13.8 Å². The zero-order valence-electron chi connectivity index (χ0n) is 15.5. The van der Waals surface area contributed by atoms with E-state index in [1.54, 1.807) is 25.1 Å². The Morgan fingerprint density at radius 2 is 1.74 bits per heavy atom. The fraction of sp³-hybridized carbons (Fsp3) is 0.278. The minimum Gasteiger partial charge on any atom is -0.323 e. The molecule has 2 aromatic carbocycles. The summed E-state index contributed by atoms with van der Waals surface area (Å²) < 4.78 is 27.8. The Balaban J connectivity index is 2.37. The lowest BCUT2D eigenvalue weighted by Gasteiger charge is -2.28. The summed E-state index contributed by atoms with van der Waals surface area (Å²) >= 11 is 11.9. The smallest absolute Gasteiger partial charge is 0.304 e. The zero-order chi connectivity index (χ0) is 20.4. The van der Waals surface area contributed by atoms with Gasteiger partial charge >= 0.3 is 10.2 Å². The van der Waals surface area contributed by atoms with E-state index in [2.05, 4.69) is 5.32 Å². The minimum atomic E-state index is -3.88. The maximum atomic E-state index is 12.8. The van der Waals surface area contributed by atoms with Crippen molar-refractivity contribution >= 4 is 50.7 Å². The number of benzene rings is 2. The molecule has 0 saturated heterocycles. The molecule has 0 spiro atoms. The number of halogens is 2. The van der Waals surface area contributed by atoms with Crippen LogP contribution < -0.4 is 9.62 Å². The predicted octanol–water partition coefficient (Wildman–Crippen LogP) is 3.86. The molecule has 1 N–H and O–H groups in total. The molecule has 1 amide bonds. The van der Waals surface area contributed by atoms with Gasteiger partial charge in [-0.3, -0.25) is 4.79 Å². The van der Waals surface area contributed by atoms with E-state index in [1.165, 1.54) is 20.2 Å². The number of aryl methyl sites for hydroxylation is 2. The van der Waals surface area contributed by atoms with Gasteiger partial charge in [-0.2, -0.15) is 12.7 Å². The first-order valence-electron chi connectivity index (χ1n) is 8.04. The van der Waals surface area contributed by atoms with Crippen LogP contribution in [0.15, 0.2) is 36.4 Å². The molecular formula is C18H21Cl2N3O3S. The highest BCUT2D eigenvalue weighted by atomic mass is 35.5. The third-order valence-electron chi connectivity index (χ3n) is 3.87. The maximum absolute atomic E-state index is 12.8. The summed E-state index contributed by atoms with van der Waals surface area (Å²) in [5, 5.41) is 3.33. The fourth-order valence-electron chi connectivity index (χ4n) is 2.39. The van der Waals surface area contributed by atoms with E-state index in [9.17, 15) is 13.2 Å². The summed E-state index contributed by atoms with van der Waals surface area (Å²) in [4.78, 5) is 12.6. The Hall–Kier alpha value is -1.80. The van der Waals surface area contributed by atoms with Crippen LogP contribution in [-0.2, 0) is 15.0 Å². The molecule has 0 radical (unpaired) electrons. The second kappa shape index (κ2) is 8.48. The highest BCUT2D eigenvalue weighted by Gasteiger charge is 2.28. The van der Waals surface area contributed by atoms with E-state index >= 15 is 0 Å². The number of carbonyl (C=O) groups excluding carboxylic acids is 1. The molecule has 0 bridgehead atoms. The Bertz CT molecular complexity index is 962. The topological polar surface area (TPSA) is 69.7 Å². The first-order chi connectivity index (χ1) is 12.5. The Morgan fingerprint density at radius 1 is 1.07 bits per heavy atom. The second-order valence-corrected chi connectivity index (χ2v) is 9.17. The van der Waals surface area contributed by atoms with Gasteiger partial charge in [-0.15, -0.1) is 0 Å². The van der Waals surface area contributed by atoms with Crippen LogP contribution in [0.2, 0.25) is 10.0 Å². The molecule has 9 heteroatoms. The monoisotopic (exact) mass is 429 g/mol. The summed E-state index contributed by atoms with van der Waals surface area (Å²) in [7, 11) is -1.05. The van der Waals surface area contributed by atoms with Crippen LogP contribution in [0.1, 0.15) is 11.1 Å². The van der Waals surface area contributed by atoms with Gasteiger partial charge in [0.2, 0.25) is 5.91 Å². The molecule has 2 rings (SSSR count). The van der Waals surface area contributed by atoms with Crippen LogP contribution in [0, 0.1) is 13.8 Å². The van der Waals surface area contributed by atoms with Gasteiger partial charge in [0.1, 0.15) is 6.54 Å². The van der Waals surface area contributed by atoms with Crippen molar-refractivity contribution in [1.82, 2.24) is 4.31 Å². The van der Waals surface area contributed by atoms with Crippen molar-refractivity contribution in [2.75, 3.05) is 30.3 Å². The summed E-state index contributed by atoms with van der Waals surface area (Å²) in [6.45, 7) is 3.25. The number of hydrogen-bond acceptors (Lipinski definition) is 3. The van der Waals surface area contributed by atoms with Crippen molar-refractivity contribution in [2.24, 2.45) is 0 Å². The molecule has 0 aromatic heterocycles. The van der Waals surface area contributed by atoms with Crippen molar-refractivity contribution in [3.63, 3.8) is 0 Å². The van der Waals surface area contributed by atoms with E-state index in [0.29, 0.717) is 16.4 Å². The molecule has 0 aliphatic rings. The molecule has 27 heavy (non-hydrogen) atoms. The molecule has 0 atom stereocenters. The third-order valence-corrected chi connectivity index (χ3v) is 6.22. The molecule has 0 aliphatic carbocycles. The first kappa shape index (κ1) is 21.5. The third kappa shape index (κ3) is 5.13. The fourth-order valence-corrected chi connectivity index (χ4v) is 3.96. The van der Waals surface area contributed by atoms with E-state index in [1.807, 2.05) is 19.1 Å². The van der Waals surface area contributed by atoms with Crippen LogP contribution >= 0.6 is 23.2 Å². The summed E-state index contributed by atoms with van der Waals surface area (Å²) in [6.07, 6.45) is 0. The van der Waals surface area contributed by atoms with Crippen molar-refractivity contribution < 1.29 is 13.2 Å². The second-order valence-electron chi connectivity index (χ2n) is 6.26. The van der Waals surface area contributed by atoms with Gasteiger partial charge in [0, 0.05) is 19.1 Å². The number of rotatable bonds is 6. The van der Waals surface area contributed by atoms with Gasteiger partial charge in [-0.25, -0.2) is 4.31 Å². The van der Waals surface area contributed by atoms with Crippen LogP contribution in [0.25, 0.3) is 0 Å². The van der Waals surface area contributed by atoms with Gasteiger partial charge in [0.15, 0.2) is 0 Å². The zero-order valence-corrected chi connectivity index (χ0v) is 17.8. The molecule has 0 saturated carbocycles. The number of amides is 1. The molecule has 6 nitrogen and oxygen atoms in total. The standard InChI is InChI=1S/C18H21Cl2N3O3S/c1-12-5-6-13(2)17(9-12)23(27(25,26)22(3)4)11-18(24)21-16-8-7-14(19)10-15(16)20/h5-10H,11H2,1-4H3,(H,21,24). The van der Waals surface area contributed by atoms with Gasteiger partial charge in [-0.05, 0) is 49.2 Å². The Labute approximate surface area is 169 Å². The Kier molecular flexibility index (Phi) is 6.75. The lowest BCUT2D eigenvalue weighted by atomic mass is 10.1. The predicted molar refractivity (Wildman–Crippen MR) is 111 cm³/mol. The van der Waals surface area contributed by atoms with E-state index in [-0.39, 0.29) is 5.02 Å². The van der Waals surface area contributed by atoms with Gasteiger partial charge < -0.3 is 5.32 Å². The normalized spacial score (nSPS) is 11.5. The molecule has 0 fully saturated rings. The lowest BCUT2D eigenvalue weighted by Crippen LogP contribution is -2.44. The average molecular weight is 430 g/mol. The number of nitrogens with zero attached hydrogens (tertiary/aromatic N) is 2.